The van der Waals surface area contributed by atoms with Gasteiger partial charge >= 0.3 is 0 Å². The van der Waals surface area contributed by atoms with Crippen LogP contribution in [-0.2, 0) is 6.42 Å². The summed E-state index contributed by atoms with van der Waals surface area (Å²) in [6.07, 6.45) is 3.66. The van der Waals surface area contributed by atoms with Crippen LogP contribution in [0.1, 0.15) is 17.5 Å². The molecule has 0 amide bonds. The number of rotatable bonds is 9. The molecule has 7 heteroatoms. The molecule has 0 aliphatic heterocycles. The first-order valence-corrected chi connectivity index (χ1v) is 9.75. The molecule has 0 aliphatic carbocycles. The van der Waals surface area contributed by atoms with Gasteiger partial charge in [-0.25, -0.2) is 9.97 Å². The van der Waals surface area contributed by atoms with E-state index in [4.69, 9.17) is 16.3 Å². The number of benzene rings is 1. The van der Waals surface area contributed by atoms with Crippen molar-refractivity contribution >= 4 is 29.2 Å². The number of nitrogens with zero attached hydrogens (tertiary/aromatic N) is 3. The number of hydrogen-bond acceptors (Lipinski definition) is 6. The predicted octanol–water partition coefficient (Wildman–Crippen LogP) is 3.81. The lowest BCUT2D eigenvalue weighted by molar-refractivity contribution is 0.405. The molecule has 0 saturated carbocycles. The summed E-state index contributed by atoms with van der Waals surface area (Å²) < 4.78 is 5.21. The largest absolute Gasteiger partial charge is 0.497 e. The van der Waals surface area contributed by atoms with Crippen LogP contribution in [0.3, 0.4) is 0 Å². The molecule has 0 unspecified atom stereocenters. The van der Waals surface area contributed by atoms with Crippen LogP contribution in [0.2, 0.25) is 5.15 Å². The zero-order valence-electron chi connectivity index (χ0n) is 15.2. The molecule has 2 rings (SSSR count). The van der Waals surface area contributed by atoms with Crippen molar-refractivity contribution in [1.82, 2.24) is 14.9 Å². The van der Waals surface area contributed by atoms with Crippen LogP contribution in [-0.4, -0.2) is 55.4 Å². The van der Waals surface area contributed by atoms with E-state index in [1.54, 1.807) is 7.11 Å². The maximum absolute atomic E-state index is 6.45. The molecule has 2 aromatic rings. The SMILES string of the molecule is COc1ccc(Cc2c(Cl)nc(SC)nc2NCCCN(C)C)cc1. The molecule has 0 spiro atoms. The Hall–Kier alpha value is -1.50. The van der Waals surface area contributed by atoms with Crippen molar-refractivity contribution in [1.29, 1.82) is 0 Å². The fourth-order valence-corrected chi connectivity index (χ4v) is 3.03. The van der Waals surface area contributed by atoms with Crippen molar-refractivity contribution in [2.24, 2.45) is 0 Å². The Morgan fingerprint density at radius 3 is 2.52 bits per heavy atom. The maximum atomic E-state index is 6.45. The summed E-state index contributed by atoms with van der Waals surface area (Å²) in [6, 6.07) is 7.97. The van der Waals surface area contributed by atoms with Gasteiger partial charge < -0.3 is 15.0 Å². The molecular weight excluding hydrogens is 356 g/mol. The Morgan fingerprint density at radius 1 is 1.20 bits per heavy atom. The van der Waals surface area contributed by atoms with Gasteiger partial charge in [0.2, 0.25) is 0 Å². The fourth-order valence-electron chi connectivity index (χ4n) is 2.38. The van der Waals surface area contributed by atoms with Crippen molar-refractivity contribution in [3.8, 4) is 5.75 Å². The average molecular weight is 381 g/mol. The van der Waals surface area contributed by atoms with Crippen LogP contribution < -0.4 is 10.1 Å². The Bertz CT molecular complexity index is 680. The molecule has 1 N–H and O–H groups in total. The standard InChI is InChI=1S/C18H25ClN4OS/c1-23(2)11-5-10-20-17-15(16(19)21-18(22-17)25-4)12-13-6-8-14(24-3)9-7-13/h6-9H,5,10-12H2,1-4H3,(H,20,21,22). The fraction of sp³-hybridized carbons (Fsp3) is 0.444. The number of halogens is 1. The minimum atomic E-state index is 0.505. The summed E-state index contributed by atoms with van der Waals surface area (Å²) in [6.45, 7) is 1.87. The Kier molecular flexibility index (Phi) is 7.81. The van der Waals surface area contributed by atoms with Crippen molar-refractivity contribution in [2.75, 3.05) is 45.9 Å². The summed E-state index contributed by atoms with van der Waals surface area (Å²) in [5, 5.41) is 4.61. The van der Waals surface area contributed by atoms with Crippen molar-refractivity contribution < 1.29 is 4.74 Å². The van der Waals surface area contributed by atoms with Gasteiger partial charge in [-0.15, -0.1) is 0 Å². The van der Waals surface area contributed by atoms with Crippen LogP contribution in [0.15, 0.2) is 29.4 Å². The zero-order valence-corrected chi connectivity index (χ0v) is 16.7. The van der Waals surface area contributed by atoms with Gasteiger partial charge in [-0.1, -0.05) is 35.5 Å². The van der Waals surface area contributed by atoms with E-state index in [1.807, 2.05) is 30.5 Å². The molecule has 1 heterocycles. The van der Waals surface area contributed by atoms with Crippen LogP contribution in [0.5, 0.6) is 5.75 Å². The van der Waals surface area contributed by atoms with E-state index < -0.39 is 0 Å². The van der Waals surface area contributed by atoms with Gasteiger partial charge in [0.1, 0.15) is 16.7 Å². The third-order valence-corrected chi connectivity index (χ3v) is 4.59. The third-order valence-electron chi connectivity index (χ3n) is 3.73. The molecule has 0 saturated heterocycles. The Morgan fingerprint density at radius 2 is 1.92 bits per heavy atom. The summed E-state index contributed by atoms with van der Waals surface area (Å²) in [4.78, 5) is 11.2. The second-order valence-electron chi connectivity index (χ2n) is 5.94. The van der Waals surface area contributed by atoms with E-state index in [0.717, 1.165) is 42.2 Å². The lowest BCUT2D eigenvalue weighted by Crippen LogP contribution is -2.17. The summed E-state index contributed by atoms with van der Waals surface area (Å²) >= 11 is 7.94. The molecule has 1 aromatic heterocycles. The van der Waals surface area contributed by atoms with Gasteiger partial charge in [-0.2, -0.15) is 0 Å². The second kappa shape index (κ2) is 9.85. The topological polar surface area (TPSA) is 50.3 Å². The molecule has 0 bridgehead atoms. The Labute approximate surface area is 159 Å². The molecule has 0 atom stereocenters. The van der Waals surface area contributed by atoms with E-state index in [0.29, 0.717) is 16.7 Å². The highest BCUT2D eigenvalue weighted by atomic mass is 35.5. The highest BCUT2D eigenvalue weighted by Crippen LogP contribution is 2.27. The number of aromatic nitrogens is 2. The smallest absolute Gasteiger partial charge is 0.190 e. The van der Waals surface area contributed by atoms with Gasteiger partial charge in [0.15, 0.2) is 5.16 Å². The molecule has 5 nitrogen and oxygen atoms in total. The van der Waals surface area contributed by atoms with Crippen molar-refractivity contribution in [2.45, 2.75) is 18.0 Å². The Balaban J connectivity index is 2.18. The second-order valence-corrected chi connectivity index (χ2v) is 7.07. The first-order chi connectivity index (χ1) is 12.0. The lowest BCUT2D eigenvalue weighted by Gasteiger charge is -2.15. The molecule has 0 radical (unpaired) electrons. The molecule has 136 valence electrons. The molecule has 0 aliphatic rings. The van der Waals surface area contributed by atoms with E-state index in [2.05, 4.69) is 34.3 Å². The third kappa shape index (κ3) is 6.06. The van der Waals surface area contributed by atoms with E-state index in [-0.39, 0.29) is 0 Å². The minimum Gasteiger partial charge on any atom is -0.497 e. The van der Waals surface area contributed by atoms with Gasteiger partial charge in [0.05, 0.1) is 7.11 Å². The van der Waals surface area contributed by atoms with Crippen LogP contribution in [0.4, 0.5) is 5.82 Å². The van der Waals surface area contributed by atoms with Gasteiger partial charge in [0.25, 0.3) is 0 Å². The number of nitrogens with one attached hydrogen (secondary N) is 1. The summed E-state index contributed by atoms with van der Waals surface area (Å²) in [5.74, 6) is 1.66. The van der Waals surface area contributed by atoms with Gasteiger partial charge in [0, 0.05) is 18.5 Å². The maximum Gasteiger partial charge on any atom is 0.190 e. The van der Waals surface area contributed by atoms with E-state index in [1.165, 1.54) is 11.8 Å². The van der Waals surface area contributed by atoms with Crippen molar-refractivity contribution in [3.05, 3.63) is 40.5 Å². The van der Waals surface area contributed by atoms with Crippen molar-refractivity contribution in [3.63, 3.8) is 0 Å². The summed E-state index contributed by atoms with van der Waals surface area (Å²) in [5.41, 5.74) is 2.06. The molecule has 1 aromatic carbocycles. The normalized spacial score (nSPS) is 11.0. The minimum absolute atomic E-state index is 0.505. The number of methoxy groups -OCH3 is 1. The van der Waals surface area contributed by atoms with Gasteiger partial charge in [-0.3, -0.25) is 0 Å². The summed E-state index contributed by atoms with van der Waals surface area (Å²) in [7, 11) is 5.81. The number of anilines is 1. The average Bonchev–Trinajstić information content (AvgIpc) is 2.61. The van der Waals surface area contributed by atoms with Gasteiger partial charge in [-0.05, 0) is 51.0 Å². The first kappa shape index (κ1) is 19.8. The van der Waals surface area contributed by atoms with E-state index >= 15 is 0 Å². The zero-order chi connectivity index (χ0) is 18.2. The molecule has 25 heavy (non-hydrogen) atoms. The van der Waals surface area contributed by atoms with Crippen LogP contribution >= 0.6 is 23.4 Å². The number of ether oxygens (including phenoxy) is 1. The van der Waals surface area contributed by atoms with Crippen LogP contribution in [0, 0.1) is 0 Å². The predicted molar refractivity (Wildman–Crippen MR) is 106 cm³/mol. The monoisotopic (exact) mass is 380 g/mol. The number of thioether (sulfide) groups is 1. The van der Waals surface area contributed by atoms with E-state index in [9.17, 15) is 0 Å². The number of hydrogen-bond donors (Lipinski definition) is 1. The quantitative estimate of drug-likeness (QED) is 0.309. The molecule has 0 fully saturated rings. The molecular formula is C18H25ClN4OS. The van der Waals surface area contributed by atoms with Crippen LogP contribution in [0.25, 0.3) is 0 Å². The highest BCUT2D eigenvalue weighted by Gasteiger charge is 2.13. The first-order valence-electron chi connectivity index (χ1n) is 8.15. The highest BCUT2D eigenvalue weighted by molar-refractivity contribution is 7.98. The lowest BCUT2D eigenvalue weighted by atomic mass is 10.1.